The zero-order valence-electron chi connectivity index (χ0n) is 15.0. The van der Waals surface area contributed by atoms with E-state index in [0.717, 1.165) is 28.9 Å². The van der Waals surface area contributed by atoms with Gasteiger partial charge in [-0.1, -0.05) is 36.4 Å². The molecule has 0 saturated heterocycles. The minimum Gasteiger partial charge on any atom is -0.331 e. The van der Waals surface area contributed by atoms with E-state index in [1.54, 1.807) is 12.5 Å². The highest BCUT2D eigenvalue weighted by Gasteiger charge is 2.28. The fourth-order valence-corrected chi connectivity index (χ4v) is 3.93. The summed E-state index contributed by atoms with van der Waals surface area (Å²) in [6.45, 7) is 1.21. The Kier molecular flexibility index (Phi) is 3.57. The molecular weight excluding hydrogens is 338 g/mol. The van der Waals surface area contributed by atoms with Gasteiger partial charge in [-0.2, -0.15) is 5.10 Å². The Bertz CT molecular complexity index is 1140. The molecule has 6 heteroatoms. The van der Waals surface area contributed by atoms with Crippen molar-refractivity contribution in [3.63, 3.8) is 0 Å². The second-order valence-electron chi connectivity index (χ2n) is 6.84. The summed E-state index contributed by atoms with van der Waals surface area (Å²) in [6.07, 6.45) is 4.25. The third-order valence-electron chi connectivity index (χ3n) is 5.20. The molecule has 0 fully saturated rings. The first-order chi connectivity index (χ1) is 13.2. The zero-order chi connectivity index (χ0) is 18.4. The van der Waals surface area contributed by atoms with Gasteiger partial charge in [0.1, 0.15) is 5.69 Å². The van der Waals surface area contributed by atoms with Crippen LogP contribution in [0.5, 0.6) is 0 Å². The first-order valence-corrected chi connectivity index (χ1v) is 9.03. The molecule has 0 bridgehead atoms. The van der Waals surface area contributed by atoms with E-state index in [9.17, 15) is 4.79 Å². The molecular formula is C21H19N5O. The number of hydrogen-bond donors (Lipinski definition) is 0. The van der Waals surface area contributed by atoms with Crippen molar-refractivity contribution in [1.82, 2.24) is 24.1 Å². The van der Waals surface area contributed by atoms with Crippen molar-refractivity contribution in [3.8, 4) is 11.3 Å². The van der Waals surface area contributed by atoms with Gasteiger partial charge in [0.25, 0.3) is 5.91 Å². The van der Waals surface area contributed by atoms with E-state index in [2.05, 4.69) is 17.1 Å². The number of fused-ring (bicyclic) bond motifs is 2. The topological polar surface area (TPSA) is 55.4 Å². The number of nitrogens with zero attached hydrogens (tertiary/aromatic N) is 5. The van der Waals surface area contributed by atoms with Gasteiger partial charge < -0.3 is 4.90 Å². The van der Waals surface area contributed by atoms with E-state index in [1.807, 2.05) is 57.4 Å². The highest BCUT2D eigenvalue weighted by molar-refractivity contribution is 5.93. The number of hydrogen-bond acceptors (Lipinski definition) is 3. The third kappa shape index (κ3) is 2.52. The van der Waals surface area contributed by atoms with Crippen molar-refractivity contribution in [3.05, 3.63) is 78.0 Å². The Hall–Kier alpha value is -3.41. The van der Waals surface area contributed by atoms with Crippen LogP contribution in [0.25, 0.3) is 16.8 Å². The van der Waals surface area contributed by atoms with E-state index < -0.39 is 0 Å². The fourth-order valence-electron chi connectivity index (χ4n) is 3.93. The van der Waals surface area contributed by atoms with Gasteiger partial charge in [0.2, 0.25) is 0 Å². The highest BCUT2D eigenvalue weighted by Crippen LogP contribution is 2.30. The van der Waals surface area contributed by atoms with Crippen molar-refractivity contribution in [2.45, 2.75) is 13.0 Å². The van der Waals surface area contributed by atoms with Gasteiger partial charge in [-0.25, -0.2) is 4.98 Å². The van der Waals surface area contributed by atoms with Crippen LogP contribution in [0.4, 0.5) is 0 Å². The molecule has 0 saturated carbocycles. The lowest BCUT2D eigenvalue weighted by Crippen LogP contribution is -2.36. The van der Waals surface area contributed by atoms with Crippen LogP contribution in [-0.2, 0) is 20.0 Å². The molecule has 0 radical (unpaired) electrons. The summed E-state index contributed by atoms with van der Waals surface area (Å²) < 4.78 is 3.77. The zero-order valence-corrected chi connectivity index (χ0v) is 15.0. The van der Waals surface area contributed by atoms with Crippen LogP contribution in [0.3, 0.4) is 0 Å². The maximum atomic E-state index is 13.1. The number of imidazole rings is 1. The average Bonchev–Trinajstić information content (AvgIpc) is 3.30. The predicted molar refractivity (Wildman–Crippen MR) is 102 cm³/mol. The molecule has 0 aliphatic carbocycles. The number of pyridine rings is 1. The van der Waals surface area contributed by atoms with Gasteiger partial charge in [0.15, 0.2) is 0 Å². The van der Waals surface area contributed by atoms with E-state index in [4.69, 9.17) is 5.10 Å². The van der Waals surface area contributed by atoms with Gasteiger partial charge in [-0.15, -0.1) is 0 Å². The molecule has 5 rings (SSSR count). The molecule has 1 amide bonds. The second kappa shape index (κ2) is 6.09. The molecule has 0 N–H and O–H groups in total. The molecule has 0 atom stereocenters. The smallest absolute Gasteiger partial charge is 0.271 e. The average molecular weight is 357 g/mol. The maximum Gasteiger partial charge on any atom is 0.271 e. The van der Waals surface area contributed by atoms with Crippen LogP contribution < -0.4 is 0 Å². The Morgan fingerprint density at radius 3 is 2.78 bits per heavy atom. The largest absolute Gasteiger partial charge is 0.331 e. The first-order valence-electron chi connectivity index (χ1n) is 9.03. The molecule has 4 heterocycles. The second-order valence-corrected chi connectivity index (χ2v) is 6.84. The van der Waals surface area contributed by atoms with Crippen molar-refractivity contribution < 1.29 is 4.79 Å². The lowest BCUT2D eigenvalue weighted by Gasteiger charge is -2.27. The van der Waals surface area contributed by atoms with Gasteiger partial charge >= 0.3 is 0 Å². The van der Waals surface area contributed by atoms with Crippen molar-refractivity contribution in [2.24, 2.45) is 7.05 Å². The number of carbonyl (C=O) groups excluding carboxylic acids is 1. The Morgan fingerprint density at radius 2 is 1.93 bits per heavy atom. The number of rotatable bonds is 2. The number of carbonyl (C=O) groups is 1. The Balaban J connectivity index is 1.49. The molecule has 4 aromatic rings. The summed E-state index contributed by atoms with van der Waals surface area (Å²) >= 11 is 0. The Morgan fingerprint density at radius 1 is 1.07 bits per heavy atom. The van der Waals surface area contributed by atoms with E-state index in [0.29, 0.717) is 18.8 Å². The summed E-state index contributed by atoms with van der Waals surface area (Å²) in [5.41, 5.74) is 6.09. The van der Waals surface area contributed by atoms with Crippen LogP contribution in [0.15, 0.2) is 61.1 Å². The number of amides is 1. The fraction of sp³-hybridized carbons (Fsp3) is 0.190. The van der Waals surface area contributed by atoms with E-state index in [1.165, 1.54) is 5.56 Å². The van der Waals surface area contributed by atoms with Crippen molar-refractivity contribution in [2.75, 3.05) is 6.54 Å². The molecule has 1 aliphatic heterocycles. The number of aromatic nitrogens is 4. The van der Waals surface area contributed by atoms with Crippen LogP contribution in [0.1, 0.15) is 21.7 Å². The molecule has 3 aromatic heterocycles. The van der Waals surface area contributed by atoms with Crippen LogP contribution in [-0.4, -0.2) is 36.5 Å². The monoisotopic (exact) mass is 357 g/mol. The van der Waals surface area contributed by atoms with Crippen LogP contribution >= 0.6 is 0 Å². The Labute approximate surface area is 156 Å². The standard InChI is InChI=1S/C21H19N5O/c1-24-20(15-6-3-2-4-7-15)17-10-11-25(13-18(17)23-24)21(27)19-9-5-8-16-12-22-14-26(16)19/h2-9,12,14H,10-11,13H2,1H3. The number of aryl methyl sites for hydroxylation is 1. The minimum atomic E-state index is 0.0103. The van der Waals surface area contributed by atoms with Crippen molar-refractivity contribution in [1.29, 1.82) is 0 Å². The molecule has 0 spiro atoms. The van der Waals surface area contributed by atoms with Gasteiger partial charge in [0.05, 0.1) is 36.0 Å². The lowest BCUT2D eigenvalue weighted by atomic mass is 9.99. The summed E-state index contributed by atoms with van der Waals surface area (Å²) in [7, 11) is 1.97. The summed E-state index contributed by atoms with van der Waals surface area (Å²) in [6, 6.07) is 16.0. The van der Waals surface area contributed by atoms with Gasteiger partial charge in [-0.3, -0.25) is 13.9 Å². The minimum absolute atomic E-state index is 0.0103. The molecule has 134 valence electrons. The summed E-state index contributed by atoms with van der Waals surface area (Å²) in [4.78, 5) is 19.2. The molecule has 1 aliphatic rings. The quantitative estimate of drug-likeness (QED) is 0.554. The third-order valence-corrected chi connectivity index (χ3v) is 5.20. The van der Waals surface area contributed by atoms with Gasteiger partial charge in [0, 0.05) is 24.7 Å². The normalized spacial score (nSPS) is 13.7. The molecule has 27 heavy (non-hydrogen) atoms. The van der Waals surface area contributed by atoms with E-state index in [-0.39, 0.29) is 5.91 Å². The molecule has 0 unspecified atom stereocenters. The SMILES string of the molecule is Cn1nc2c(c1-c1ccccc1)CCN(C(=O)c1cccc3cncn13)C2. The molecule has 1 aromatic carbocycles. The van der Waals surface area contributed by atoms with Crippen LogP contribution in [0.2, 0.25) is 0 Å². The lowest BCUT2D eigenvalue weighted by molar-refractivity contribution is 0.0725. The summed E-state index contributed by atoms with van der Waals surface area (Å²) in [5.74, 6) is 0.0103. The summed E-state index contributed by atoms with van der Waals surface area (Å²) in [5, 5.41) is 4.71. The van der Waals surface area contributed by atoms with Crippen molar-refractivity contribution >= 4 is 11.4 Å². The predicted octanol–water partition coefficient (Wildman–Crippen LogP) is 2.93. The number of benzene rings is 1. The van der Waals surface area contributed by atoms with E-state index >= 15 is 0 Å². The first kappa shape index (κ1) is 15.8. The maximum absolute atomic E-state index is 13.1. The highest BCUT2D eigenvalue weighted by atomic mass is 16.2. The van der Waals surface area contributed by atoms with Gasteiger partial charge in [-0.05, 0) is 18.6 Å². The van der Waals surface area contributed by atoms with Crippen LogP contribution in [0, 0.1) is 0 Å². The molecule has 6 nitrogen and oxygen atoms in total.